The summed E-state index contributed by atoms with van der Waals surface area (Å²) < 4.78 is 2.27. The maximum absolute atomic E-state index is 3.45. The first kappa shape index (κ1) is 11.7. The monoisotopic (exact) mass is 256 g/mol. The SMILES string of the molecule is CCCCCC[n+]1ccc(CBr)cc1. The lowest BCUT2D eigenvalue weighted by Crippen LogP contribution is -2.32. The Hall–Kier alpha value is -0.370. The van der Waals surface area contributed by atoms with Crippen molar-refractivity contribution in [2.24, 2.45) is 0 Å². The largest absolute Gasteiger partial charge is 0.205 e. The summed E-state index contributed by atoms with van der Waals surface area (Å²) in [6.07, 6.45) is 9.66. The van der Waals surface area contributed by atoms with E-state index in [1.807, 2.05) is 0 Å². The fraction of sp³-hybridized carbons (Fsp3) is 0.583. The summed E-state index contributed by atoms with van der Waals surface area (Å²) in [4.78, 5) is 0. The van der Waals surface area contributed by atoms with Gasteiger partial charge in [0.15, 0.2) is 12.4 Å². The van der Waals surface area contributed by atoms with Gasteiger partial charge in [-0.2, -0.15) is 0 Å². The number of hydrogen-bond acceptors (Lipinski definition) is 0. The normalized spacial score (nSPS) is 10.4. The number of hydrogen-bond donors (Lipinski definition) is 0. The molecule has 1 heterocycles. The van der Waals surface area contributed by atoms with Gasteiger partial charge in [-0.3, -0.25) is 0 Å². The Bertz CT molecular complexity index is 243. The highest BCUT2D eigenvalue weighted by Gasteiger charge is 1.99. The van der Waals surface area contributed by atoms with Crippen LogP contribution in [0.3, 0.4) is 0 Å². The maximum atomic E-state index is 3.45. The van der Waals surface area contributed by atoms with Gasteiger partial charge in [-0.1, -0.05) is 35.7 Å². The average molecular weight is 257 g/mol. The molecule has 0 atom stereocenters. The van der Waals surface area contributed by atoms with Gasteiger partial charge in [-0.15, -0.1) is 0 Å². The Morgan fingerprint density at radius 3 is 2.43 bits per heavy atom. The molecular formula is C12H19BrN+. The summed E-state index contributed by atoms with van der Waals surface area (Å²) in [5.74, 6) is 0. The lowest BCUT2D eigenvalue weighted by atomic mass is 10.2. The molecule has 1 aromatic heterocycles. The zero-order valence-electron chi connectivity index (χ0n) is 8.88. The first-order chi connectivity index (χ1) is 6.86. The zero-order valence-corrected chi connectivity index (χ0v) is 10.5. The van der Waals surface area contributed by atoms with Crippen molar-refractivity contribution in [3.8, 4) is 0 Å². The third-order valence-corrected chi connectivity index (χ3v) is 3.03. The lowest BCUT2D eigenvalue weighted by molar-refractivity contribution is -0.697. The molecule has 1 aromatic rings. The van der Waals surface area contributed by atoms with Gasteiger partial charge in [0.2, 0.25) is 0 Å². The molecule has 2 heteroatoms. The molecule has 14 heavy (non-hydrogen) atoms. The number of aryl methyl sites for hydroxylation is 1. The molecule has 0 fully saturated rings. The number of nitrogens with zero attached hydrogens (tertiary/aromatic N) is 1. The quantitative estimate of drug-likeness (QED) is 0.417. The summed E-state index contributed by atoms with van der Waals surface area (Å²) >= 11 is 3.45. The highest BCUT2D eigenvalue weighted by atomic mass is 79.9. The van der Waals surface area contributed by atoms with Gasteiger partial charge in [0.05, 0.1) is 0 Å². The number of pyridine rings is 1. The predicted molar refractivity (Wildman–Crippen MR) is 63.4 cm³/mol. The van der Waals surface area contributed by atoms with E-state index in [0.717, 1.165) is 11.9 Å². The molecule has 0 saturated carbocycles. The Kier molecular flexibility index (Phi) is 5.85. The molecule has 0 unspecified atom stereocenters. The molecule has 0 bridgehead atoms. The first-order valence-corrected chi connectivity index (χ1v) is 6.53. The molecule has 1 nitrogen and oxygen atoms in total. The van der Waals surface area contributed by atoms with Gasteiger partial charge in [0.25, 0.3) is 0 Å². The minimum atomic E-state index is 0.948. The first-order valence-electron chi connectivity index (χ1n) is 5.40. The molecule has 0 aromatic carbocycles. The third-order valence-electron chi connectivity index (χ3n) is 2.38. The van der Waals surface area contributed by atoms with Crippen LogP contribution in [0, 0.1) is 0 Å². The van der Waals surface area contributed by atoms with Crippen LogP contribution in [-0.2, 0) is 11.9 Å². The summed E-state index contributed by atoms with van der Waals surface area (Å²) in [6.45, 7) is 3.40. The van der Waals surface area contributed by atoms with E-state index in [1.165, 1.54) is 31.2 Å². The second-order valence-electron chi connectivity index (χ2n) is 3.64. The number of unbranched alkanes of at least 4 members (excludes halogenated alkanes) is 3. The van der Waals surface area contributed by atoms with E-state index >= 15 is 0 Å². The van der Waals surface area contributed by atoms with Gasteiger partial charge in [-0.05, 0) is 12.0 Å². The van der Waals surface area contributed by atoms with Gasteiger partial charge < -0.3 is 0 Å². The molecule has 0 aliphatic rings. The van der Waals surface area contributed by atoms with Crippen molar-refractivity contribution in [1.29, 1.82) is 0 Å². The van der Waals surface area contributed by atoms with Crippen LogP contribution in [-0.4, -0.2) is 0 Å². The number of halogens is 1. The molecule has 0 saturated heterocycles. The topological polar surface area (TPSA) is 3.88 Å². The smallest absolute Gasteiger partial charge is 0.169 e. The number of alkyl halides is 1. The third kappa shape index (κ3) is 4.23. The van der Waals surface area contributed by atoms with Crippen LogP contribution in [0.5, 0.6) is 0 Å². The van der Waals surface area contributed by atoms with E-state index < -0.39 is 0 Å². The predicted octanol–water partition coefficient (Wildman–Crippen LogP) is 3.45. The van der Waals surface area contributed by atoms with E-state index in [1.54, 1.807) is 0 Å². The lowest BCUT2D eigenvalue weighted by Gasteiger charge is -1.97. The maximum Gasteiger partial charge on any atom is 0.169 e. The molecule has 0 N–H and O–H groups in total. The van der Waals surface area contributed by atoms with Crippen LogP contribution in [0.4, 0.5) is 0 Å². The van der Waals surface area contributed by atoms with Crippen molar-refractivity contribution in [3.63, 3.8) is 0 Å². The van der Waals surface area contributed by atoms with E-state index in [2.05, 4.69) is 51.9 Å². The molecule has 0 radical (unpaired) electrons. The Morgan fingerprint density at radius 1 is 1.14 bits per heavy atom. The van der Waals surface area contributed by atoms with Crippen molar-refractivity contribution >= 4 is 15.9 Å². The Morgan fingerprint density at radius 2 is 1.86 bits per heavy atom. The zero-order chi connectivity index (χ0) is 10.2. The standard InChI is InChI=1S/C12H19BrN/c1-2-3-4-5-8-14-9-6-12(11-13)7-10-14/h6-7,9-10H,2-5,8,11H2,1H3/q+1. The van der Waals surface area contributed by atoms with Crippen LogP contribution >= 0.6 is 15.9 Å². The fourth-order valence-corrected chi connectivity index (χ4v) is 1.82. The second-order valence-corrected chi connectivity index (χ2v) is 4.20. The number of rotatable bonds is 6. The van der Waals surface area contributed by atoms with E-state index in [0.29, 0.717) is 0 Å². The highest BCUT2D eigenvalue weighted by Crippen LogP contribution is 2.02. The molecule has 0 aliphatic heterocycles. The van der Waals surface area contributed by atoms with Crippen LogP contribution in [0.25, 0.3) is 0 Å². The summed E-state index contributed by atoms with van der Waals surface area (Å²) in [5, 5.41) is 0.948. The molecule has 78 valence electrons. The van der Waals surface area contributed by atoms with Crippen molar-refractivity contribution in [2.45, 2.75) is 44.5 Å². The van der Waals surface area contributed by atoms with Crippen LogP contribution in [0.15, 0.2) is 24.5 Å². The summed E-state index contributed by atoms with van der Waals surface area (Å²) in [5.41, 5.74) is 1.34. The van der Waals surface area contributed by atoms with Crippen molar-refractivity contribution < 1.29 is 4.57 Å². The van der Waals surface area contributed by atoms with Crippen LogP contribution < -0.4 is 4.57 Å². The summed E-state index contributed by atoms with van der Waals surface area (Å²) in [6, 6.07) is 4.35. The van der Waals surface area contributed by atoms with Gasteiger partial charge in [-0.25, -0.2) is 4.57 Å². The van der Waals surface area contributed by atoms with E-state index in [9.17, 15) is 0 Å². The molecule has 0 amide bonds. The number of aromatic nitrogens is 1. The molecular weight excluding hydrogens is 238 g/mol. The van der Waals surface area contributed by atoms with E-state index in [4.69, 9.17) is 0 Å². The fourth-order valence-electron chi connectivity index (χ4n) is 1.45. The minimum absolute atomic E-state index is 0.948. The van der Waals surface area contributed by atoms with Gasteiger partial charge in [0.1, 0.15) is 6.54 Å². The van der Waals surface area contributed by atoms with Crippen LogP contribution in [0.2, 0.25) is 0 Å². The van der Waals surface area contributed by atoms with Crippen molar-refractivity contribution in [3.05, 3.63) is 30.1 Å². The Balaban J connectivity index is 2.29. The molecule has 0 aliphatic carbocycles. The Labute approximate surface area is 95.3 Å². The minimum Gasteiger partial charge on any atom is -0.205 e. The van der Waals surface area contributed by atoms with Crippen molar-refractivity contribution in [1.82, 2.24) is 0 Å². The molecule has 1 rings (SSSR count). The summed E-state index contributed by atoms with van der Waals surface area (Å²) in [7, 11) is 0. The second kappa shape index (κ2) is 6.99. The molecule has 0 spiro atoms. The highest BCUT2D eigenvalue weighted by molar-refractivity contribution is 9.08. The van der Waals surface area contributed by atoms with Gasteiger partial charge >= 0.3 is 0 Å². The van der Waals surface area contributed by atoms with Crippen LogP contribution in [0.1, 0.15) is 38.2 Å². The average Bonchev–Trinajstić information content (AvgIpc) is 2.25. The van der Waals surface area contributed by atoms with Crippen molar-refractivity contribution in [2.75, 3.05) is 0 Å². The van der Waals surface area contributed by atoms with Gasteiger partial charge in [0, 0.05) is 23.9 Å². The van der Waals surface area contributed by atoms with E-state index in [-0.39, 0.29) is 0 Å².